The largest absolute Gasteiger partial charge is 0.376 e. The fraction of sp³-hybridized carbons (Fsp3) is 0.333. The number of fused-ring (bicyclic) bond motifs is 2. The van der Waals surface area contributed by atoms with E-state index < -0.39 is 0 Å². The summed E-state index contributed by atoms with van der Waals surface area (Å²) in [6.07, 6.45) is 5.59. The molecule has 2 saturated heterocycles. The highest BCUT2D eigenvalue weighted by atomic mass is 16.6. The van der Waals surface area contributed by atoms with Gasteiger partial charge in [0.2, 0.25) is 0 Å². The van der Waals surface area contributed by atoms with Crippen LogP contribution >= 0.6 is 0 Å². The molecular formula is C21H22N4O2. The van der Waals surface area contributed by atoms with Crippen LogP contribution in [0, 0.1) is 0 Å². The van der Waals surface area contributed by atoms with Gasteiger partial charge in [0.1, 0.15) is 18.0 Å². The predicted octanol–water partition coefficient (Wildman–Crippen LogP) is 2.71. The van der Waals surface area contributed by atoms with Crippen LogP contribution in [0.4, 0.5) is 11.5 Å². The van der Waals surface area contributed by atoms with E-state index >= 15 is 0 Å². The molecule has 138 valence electrons. The monoisotopic (exact) mass is 362 g/mol. The number of rotatable bonds is 3. The van der Waals surface area contributed by atoms with E-state index in [0.717, 1.165) is 24.6 Å². The molecule has 2 aliphatic heterocycles. The van der Waals surface area contributed by atoms with Crippen molar-refractivity contribution in [1.82, 2.24) is 9.97 Å². The van der Waals surface area contributed by atoms with Gasteiger partial charge >= 0.3 is 0 Å². The molecule has 3 aromatic rings. The molecule has 0 spiro atoms. The molecule has 2 atom stereocenters. The number of aromatic nitrogens is 2. The summed E-state index contributed by atoms with van der Waals surface area (Å²) in [5.74, 6) is 1.01. The third kappa shape index (κ3) is 3.34. The van der Waals surface area contributed by atoms with Gasteiger partial charge in [-0.1, -0.05) is 24.3 Å². The Labute approximate surface area is 158 Å². The third-order valence-corrected chi connectivity index (χ3v) is 5.22. The average molecular weight is 362 g/mol. The van der Waals surface area contributed by atoms with Gasteiger partial charge in [-0.25, -0.2) is 4.98 Å². The Hall–Kier alpha value is -2.70. The van der Waals surface area contributed by atoms with Gasteiger partial charge in [-0.05, 0) is 23.6 Å². The Balaban J connectivity index is 1.28. The van der Waals surface area contributed by atoms with Crippen LogP contribution in [-0.4, -0.2) is 54.5 Å². The number of nitrogens with zero attached hydrogens (tertiary/aromatic N) is 3. The van der Waals surface area contributed by atoms with E-state index in [1.54, 1.807) is 6.20 Å². The number of anilines is 2. The fourth-order valence-corrected chi connectivity index (χ4v) is 3.89. The molecule has 1 N–H and O–H groups in total. The van der Waals surface area contributed by atoms with E-state index in [-0.39, 0.29) is 18.2 Å². The first-order valence-electron chi connectivity index (χ1n) is 9.35. The summed E-state index contributed by atoms with van der Waals surface area (Å²) in [5.41, 5.74) is 0.989. The zero-order chi connectivity index (χ0) is 18.1. The van der Waals surface area contributed by atoms with Crippen molar-refractivity contribution in [2.45, 2.75) is 18.2 Å². The lowest BCUT2D eigenvalue weighted by molar-refractivity contribution is -0.00461. The lowest BCUT2D eigenvalue weighted by Gasteiger charge is -2.21. The lowest BCUT2D eigenvalue weighted by atomic mass is 10.1. The van der Waals surface area contributed by atoms with E-state index in [4.69, 9.17) is 9.47 Å². The van der Waals surface area contributed by atoms with E-state index in [1.807, 2.05) is 24.5 Å². The summed E-state index contributed by atoms with van der Waals surface area (Å²) in [4.78, 5) is 11.1. The highest BCUT2D eigenvalue weighted by Gasteiger charge is 2.38. The molecule has 4 heterocycles. The molecule has 6 nitrogen and oxygen atoms in total. The van der Waals surface area contributed by atoms with Gasteiger partial charge in [-0.3, -0.25) is 4.98 Å². The lowest BCUT2D eigenvalue weighted by Crippen LogP contribution is -2.31. The number of benzene rings is 1. The molecule has 27 heavy (non-hydrogen) atoms. The molecule has 2 fully saturated rings. The second kappa shape index (κ2) is 7.13. The molecule has 2 aromatic heterocycles. The number of hydrogen-bond acceptors (Lipinski definition) is 6. The van der Waals surface area contributed by atoms with Gasteiger partial charge in [0.15, 0.2) is 0 Å². The SMILES string of the molecule is c1cncc(NC2CO[C@H]3CN(c4nccc5ccccc45)C[C@@H]3OC2)c1. The first kappa shape index (κ1) is 16.5. The van der Waals surface area contributed by atoms with Crippen LogP contribution < -0.4 is 10.2 Å². The van der Waals surface area contributed by atoms with Crippen molar-refractivity contribution < 1.29 is 9.47 Å². The van der Waals surface area contributed by atoms with E-state index in [9.17, 15) is 0 Å². The normalized spacial score (nSPS) is 23.2. The molecular weight excluding hydrogens is 340 g/mol. The first-order chi connectivity index (χ1) is 13.4. The summed E-state index contributed by atoms with van der Waals surface area (Å²) in [6.45, 7) is 2.83. The molecule has 1 aromatic carbocycles. The summed E-state index contributed by atoms with van der Waals surface area (Å²) in [7, 11) is 0. The Morgan fingerprint density at radius 1 is 0.926 bits per heavy atom. The Morgan fingerprint density at radius 3 is 2.52 bits per heavy atom. The van der Waals surface area contributed by atoms with Crippen molar-refractivity contribution in [3.63, 3.8) is 0 Å². The fourth-order valence-electron chi connectivity index (χ4n) is 3.89. The van der Waals surface area contributed by atoms with E-state index in [1.165, 1.54) is 10.8 Å². The van der Waals surface area contributed by atoms with Crippen LogP contribution in [0.5, 0.6) is 0 Å². The van der Waals surface area contributed by atoms with Gasteiger partial charge in [0, 0.05) is 37.1 Å². The second-order valence-electron chi connectivity index (χ2n) is 7.09. The summed E-state index contributed by atoms with van der Waals surface area (Å²) in [5, 5.41) is 5.82. The summed E-state index contributed by atoms with van der Waals surface area (Å²) in [6, 6.07) is 14.5. The highest BCUT2D eigenvalue weighted by molar-refractivity contribution is 5.92. The molecule has 2 aliphatic rings. The maximum absolute atomic E-state index is 6.20. The van der Waals surface area contributed by atoms with Crippen molar-refractivity contribution in [3.8, 4) is 0 Å². The smallest absolute Gasteiger partial charge is 0.136 e. The Kier molecular flexibility index (Phi) is 4.35. The van der Waals surface area contributed by atoms with Gasteiger partial charge in [-0.15, -0.1) is 0 Å². The summed E-state index contributed by atoms with van der Waals surface area (Å²) >= 11 is 0. The molecule has 0 aliphatic carbocycles. The van der Waals surface area contributed by atoms with Gasteiger partial charge < -0.3 is 19.7 Å². The minimum atomic E-state index is 0.0615. The standard InChI is InChI=1S/C21H22N4O2/c1-2-6-18-15(4-1)7-9-23-21(18)25-11-19-20(12-25)27-14-17(13-26-19)24-16-5-3-8-22-10-16/h1-10,17,19-20,24H,11-14H2/t19-,20-/m0/s1. The molecule has 0 bridgehead atoms. The summed E-state index contributed by atoms with van der Waals surface area (Å²) < 4.78 is 12.4. The average Bonchev–Trinajstić information content (AvgIpc) is 3.04. The second-order valence-corrected chi connectivity index (χ2v) is 7.09. The van der Waals surface area contributed by atoms with Crippen molar-refractivity contribution in [1.29, 1.82) is 0 Å². The van der Waals surface area contributed by atoms with Crippen LogP contribution in [0.25, 0.3) is 10.8 Å². The van der Waals surface area contributed by atoms with E-state index in [0.29, 0.717) is 13.2 Å². The van der Waals surface area contributed by atoms with Gasteiger partial charge in [0.25, 0.3) is 0 Å². The molecule has 0 amide bonds. The maximum atomic E-state index is 6.20. The quantitative estimate of drug-likeness (QED) is 0.773. The van der Waals surface area contributed by atoms with Gasteiger partial charge in [0.05, 0.1) is 24.9 Å². The Bertz CT molecular complexity index is 899. The topological polar surface area (TPSA) is 59.5 Å². The maximum Gasteiger partial charge on any atom is 0.136 e. The zero-order valence-electron chi connectivity index (χ0n) is 15.0. The highest BCUT2D eigenvalue weighted by Crippen LogP contribution is 2.30. The first-order valence-corrected chi connectivity index (χ1v) is 9.35. The molecule has 0 unspecified atom stereocenters. The van der Waals surface area contributed by atoms with Crippen LogP contribution in [0.15, 0.2) is 61.1 Å². The molecule has 5 rings (SSSR count). The third-order valence-electron chi connectivity index (χ3n) is 5.22. The number of hydrogen-bond donors (Lipinski definition) is 1. The molecule has 0 saturated carbocycles. The van der Waals surface area contributed by atoms with E-state index in [2.05, 4.69) is 50.5 Å². The Morgan fingerprint density at radius 2 is 1.74 bits per heavy atom. The number of ether oxygens (including phenoxy) is 2. The minimum Gasteiger partial charge on any atom is -0.376 e. The van der Waals surface area contributed by atoms with Crippen LogP contribution in [0.1, 0.15) is 0 Å². The van der Waals surface area contributed by atoms with Crippen molar-refractivity contribution in [3.05, 3.63) is 61.1 Å². The van der Waals surface area contributed by atoms with Crippen LogP contribution in [-0.2, 0) is 9.47 Å². The molecule has 0 radical (unpaired) electrons. The van der Waals surface area contributed by atoms with Crippen molar-refractivity contribution in [2.24, 2.45) is 0 Å². The number of pyridine rings is 2. The predicted molar refractivity (Wildman–Crippen MR) is 105 cm³/mol. The minimum absolute atomic E-state index is 0.0615. The molecule has 6 heteroatoms. The van der Waals surface area contributed by atoms with Crippen molar-refractivity contribution >= 4 is 22.3 Å². The van der Waals surface area contributed by atoms with Crippen molar-refractivity contribution in [2.75, 3.05) is 36.5 Å². The van der Waals surface area contributed by atoms with Crippen LogP contribution in [0.2, 0.25) is 0 Å². The number of nitrogens with one attached hydrogen (secondary N) is 1. The van der Waals surface area contributed by atoms with Gasteiger partial charge in [-0.2, -0.15) is 0 Å². The van der Waals surface area contributed by atoms with Crippen LogP contribution in [0.3, 0.4) is 0 Å². The zero-order valence-corrected chi connectivity index (χ0v) is 15.0.